The van der Waals surface area contributed by atoms with Gasteiger partial charge >= 0.3 is 0 Å². The van der Waals surface area contributed by atoms with E-state index < -0.39 is 0 Å². The minimum absolute atomic E-state index is 0.0696. The molecule has 2 aliphatic heterocycles. The Labute approximate surface area is 268 Å². The number of benzene rings is 2. The van der Waals surface area contributed by atoms with E-state index in [9.17, 15) is 9.90 Å². The second-order valence-electron chi connectivity index (χ2n) is 12.7. The molecule has 1 amide bonds. The van der Waals surface area contributed by atoms with Crippen molar-refractivity contribution in [1.82, 2.24) is 29.7 Å². The molecular formula is C36H39N7O3. The lowest BCUT2D eigenvalue weighted by atomic mass is 9.93. The fraction of sp³-hybridized carbons (Fsp3) is 0.333. The van der Waals surface area contributed by atoms with E-state index >= 15 is 0 Å². The molecule has 0 unspecified atom stereocenters. The molecule has 0 saturated carbocycles. The summed E-state index contributed by atoms with van der Waals surface area (Å²) in [7, 11) is 3.78. The van der Waals surface area contributed by atoms with Crippen molar-refractivity contribution >= 4 is 28.3 Å². The predicted octanol–water partition coefficient (Wildman–Crippen LogP) is 5.28. The fourth-order valence-corrected chi connectivity index (χ4v) is 6.55. The summed E-state index contributed by atoms with van der Waals surface area (Å²) in [4.78, 5) is 32.7. The van der Waals surface area contributed by atoms with Gasteiger partial charge in [-0.1, -0.05) is 24.3 Å². The normalized spacial score (nSPS) is 16.5. The molecule has 7 rings (SSSR count). The largest absolute Gasteiger partial charge is 0.439 e. The van der Waals surface area contributed by atoms with Crippen molar-refractivity contribution in [3.05, 3.63) is 89.1 Å². The maximum atomic E-state index is 12.5. The molecule has 2 aromatic carbocycles. The van der Waals surface area contributed by atoms with Crippen LogP contribution in [0.4, 0.5) is 11.5 Å². The molecule has 46 heavy (non-hydrogen) atoms. The van der Waals surface area contributed by atoms with Crippen molar-refractivity contribution in [3.8, 4) is 22.6 Å². The number of carbonyl (C=O) groups is 1. The summed E-state index contributed by atoms with van der Waals surface area (Å²) in [5.74, 6) is 2.12. The average molecular weight is 618 g/mol. The lowest BCUT2D eigenvalue weighted by Crippen LogP contribution is -2.34. The average Bonchev–Trinajstić information content (AvgIpc) is 3.73. The van der Waals surface area contributed by atoms with Gasteiger partial charge in [-0.05, 0) is 86.4 Å². The molecule has 0 bridgehead atoms. The van der Waals surface area contributed by atoms with Gasteiger partial charge in [-0.15, -0.1) is 0 Å². The Balaban J connectivity index is 1.13. The first kappa shape index (κ1) is 30.0. The molecule has 1 fully saturated rings. The molecular weight excluding hydrogens is 578 g/mol. The Morgan fingerprint density at radius 2 is 1.83 bits per heavy atom. The third-order valence-corrected chi connectivity index (χ3v) is 9.01. The summed E-state index contributed by atoms with van der Waals surface area (Å²) in [6.45, 7) is 7.88. The van der Waals surface area contributed by atoms with Gasteiger partial charge in [0.2, 0.25) is 11.8 Å². The lowest BCUT2D eigenvalue weighted by molar-refractivity contribution is -0.132. The quantitative estimate of drug-likeness (QED) is 0.240. The fourth-order valence-electron chi connectivity index (χ4n) is 6.55. The highest BCUT2D eigenvalue weighted by Gasteiger charge is 2.30. The highest BCUT2D eigenvalue weighted by Crippen LogP contribution is 2.38. The van der Waals surface area contributed by atoms with E-state index in [0.29, 0.717) is 37.9 Å². The van der Waals surface area contributed by atoms with Crippen LogP contribution in [0, 0.1) is 13.8 Å². The summed E-state index contributed by atoms with van der Waals surface area (Å²) >= 11 is 0. The molecule has 10 heteroatoms. The summed E-state index contributed by atoms with van der Waals surface area (Å²) < 4.78 is 6.23. The van der Waals surface area contributed by atoms with E-state index in [-0.39, 0.29) is 12.0 Å². The highest BCUT2D eigenvalue weighted by atomic mass is 16.4. The van der Waals surface area contributed by atoms with Crippen LogP contribution in [-0.2, 0) is 24.4 Å². The Morgan fingerprint density at radius 1 is 1.04 bits per heavy atom. The monoisotopic (exact) mass is 617 g/mol. The van der Waals surface area contributed by atoms with Crippen molar-refractivity contribution in [1.29, 1.82) is 0 Å². The van der Waals surface area contributed by atoms with Crippen molar-refractivity contribution in [2.24, 2.45) is 0 Å². The molecule has 236 valence electrons. The van der Waals surface area contributed by atoms with Gasteiger partial charge in [-0.2, -0.15) is 0 Å². The number of fused-ring (bicyclic) bond motifs is 2. The Morgan fingerprint density at radius 3 is 2.59 bits per heavy atom. The summed E-state index contributed by atoms with van der Waals surface area (Å²) in [5, 5.41) is 14.5. The molecule has 2 aliphatic rings. The SMILES string of the molecule is Cc1c(Nc2nccc3cc(CN4CC[C@@H](O)C4)cnc23)cccc1-c1cccc(-c2nc3c(o2)CN(C(=O)CN(C)C)C3)c1C. The van der Waals surface area contributed by atoms with E-state index in [1.54, 1.807) is 4.90 Å². The number of amides is 1. The van der Waals surface area contributed by atoms with E-state index in [2.05, 4.69) is 59.4 Å². The maximum Gasteiger partial charge on any atom is 0.237 e. The summed E-state index contributed by atoms with van der Waals surface area (Å²) in [6, 6.07) is 16.6. The van der Waals surface area contributed by atoms with Crippen molar-refractivity contribution in [3.63, 3.8) is 0 Å². The Hall–Kier alpha value is -4.64. The number of nitrogens with zero attached hydrogens (tertiary/aromatic N) is 6. The van der Waals surface area contributed by atoms with Crippen LogP contribution in [0.1, 0.15) is 34.6 Å². The third-order valence-electron chi connectivity index (χ3n) is 9.01. The second-order valence-corrected chi connectivity index (χ2v) is 12.7. The molecule has 10 nitrogen and oxygen atoms in total. The zero-order chi connectivity index (χ0) is 31.9. The number of β-amino-alcohol motifs (C(OH)–C–C–N with tert-alkyl or cyclic N) is 1. The number of aliphatic hydroxyl groups excluding tert-OH is 1. The van der Waals surface area contributed by atoms with Gasteiger partial charge in [0.15, 0.2) is 5.82 Å². The van der Waals surface area contributed by atoms with Crippen LogP contribution in [0.5, 0.6) is 0 Å². The smallest absolute Gasteiger partial charge is 0.237 e. The number of likely N-dealkylation sites (N-methyl/N-ethyl adjacent to an activating group) is 1. The minimum Gasteiger partial charge on any atom is -0.439 e. The van der Waals surface area contributed by atoms with Crippen LogP contribution >= 0.6 is 0 Å². The number of aliphatic hydroxyl groups is 1. The van der Waals surface area contributed by atoms with E-state index in [1.165, 1.54) is 0 Å². The predicted molar refractivity (Wildman–Crippen MR) is 178 cm³/mol. The van der Waals surface area contributed by atoms with Gasteiger partial charge in [-0.25, -0.2) is 9.97 Å². The van der Waals surface area contributed by atoms with Gasteiger partial charge in [-0.3, -0.25) is 14.7 Å². The molecule has 5 aromatic rings. The van der Waals surface area contributed by atoms with Crippen LogP contribution in [0.2, 0.25) is 0 Å². The van der Waals surface area contributed by atoms with Gasteiger partial charge in [0.25, 0.3) is 0 Å². The minimum atomic E-state index is -0.237. The van der Waals surface area contributed by atoms with Gasteiger partial charge in [0.05, 0.1) is 25.7 Å². The standard InChI is InChI=1S/C36H39N7O3/c1-22-27(7-5-9-29(22)36-40-31-19-43(20-32(31)46-36)33(45)21-41(3)4)28-8-6-10-30(23(28)2)39-35-34-25(11-13-37-35)15-24(16-38-34)17-42-14-12-26(44)18-42/h5-11,13,15-16,26,44H,12,14,17-21H2,1-4H3,(H,37,39)/t26-/m1/s1. The third kappa shape index (κ3) is 5.87. The number of hydrogen-bond donors (Lipinski definition) is 2. The number of aromatic nitrogens is 3. The van der Waals surface area contributed by atoms with E-state index in [0.717, 1.165) is 80.9 Å². The summed E-state index contributed by atoms with van der Waals surface area (Å²) in [5.41, 5.74) is 9.03. The maximum absolute atomic E-state index is 12.5. The molecule has 1 atom stereocenters. The first-order chi connectivity index (χ1) is 22.2. The molecule has 1 saturated heterocycles. The van der Waals surface area contributed by atoms with E-state index in [4.69, 9.17) is 14.4 Å². The number of nitrogens with one attached hydrogen (secondary N) is 1. The van der Waals surface area contributed by atoms with Crippen LogP contribution in [0.25, 0.3) is 33.5 Å². The number of oxazole rings is 1. The number of rotatable bonds is 8. The topological polar surface area (TPSA) is 111 Å². The number of likely N-dealkylation sites (tertiary alicyclic amines) is 1. The zero-order valence-corrected chi connectivity index (χ0v) is 26.7. The molecule has 0 spiro atoms. The molecule has 2 N–H and O–H groups in total. The molecule has 0 radical (unpaired) electrons. The number of anilines is 2. The zero-order valence-electron chi connectivity index (χ0n) is 26.7. The number of hydrogen-bond acceptors (Lipinski definition) is 9. The first-order valence-electron chi connectivity index (χ1n) is 15.8. The number of carbonyl (C=O) groups excluding carboxylic acids is 1. The van der Waals surface area contributed by atoms with Crippen molar-refractivity contribution < 1.29 is 14.3 Å². The highest BCUT2D eigenvalue weighted by molar-refractivity contribution is 5.91. The molecule has 3 aromatic heterocycles. The van der Waals surface area contributed by atoms with Gasteiger partial charge in [0, 0.05) is 48.7 Å². The van der Waals surface area contributed by atoms with Crippen LogP contribution in [0.15, 0.2) is 65.3 Å². The molecule has 0 aliphatic carbocycles. The lowest BCUT2D eigenvalue weighted by Gasteiger charge is -2.18. The number of pyridine rings is 2. The Kier molecular flexibility index (Phi) is 8.02. The van der Waals surface area contributed by atoms with Gasteiger partial charge < -0.3 is 24.6 Å². The first-order valence-corrected chi connectivity index (χ1v) is 15.8. The van der Waals surface area contributed by atoms with Crippen LogP contribution < -0.4 is 5.32 Å². The van der Waals surface area contributed by atoms with Crippen molar-refractivity contribution in [2.75, 3.05) is 39.0 Å². The Bertz CT molecular complexity index is 1910. The second kappa shape index (κ2) is 12.3. The van der Waals surface area contributed by atoms with Gasteiger partial charge in [0.1, 0.15) is 17.0 Å². The summed E-state index contributed by atoms with van der Waals surface area (Å²) in [6.07, 6.45) is 4.31. The van der Waals surface area contributed by atoms with Crippen molar-refractivity contribution in [2.45, 2.75) is 46.0 Å². The molecule has 5 heterocycles. The van der Waals surface area contributed by atoms with Crippen LogP contribution in [-0.4, -0.2) is 80.5 Å². The van der Waals surface area contributed by atoms with Crippen LogP contribution in [0.3, 0.4) is 0 Å². The van der Waals surface area contributed by atoms with E-state index in [1.807, 2.05) is 49.6 Å².